The quantitative estimate of drug-likeness (QED) is 0.847. The molecule has 2 fully saturated rings. The average molecular weight is 311 g/mol. The molecular weight excluding hydrogens is 282 g/mol. The number of piperidine rings is 1. The molecule has 1 saturated carbocycles. The maximum absolute atomic E-state index is 12.6. The van der Waals surface area contributed by atoms with Crippen LogP contribution in [-0.2, 0) is 14.3 Å². The van der Waals surface area contributed by atoms with E-state index in [0.717, 1.165) is 12.8 Å². The zero-order valence-corrected chi connectivity index (χ0v) is 13.8. The molecule has 3 atom stereocenters. The van der Waals surface area contributed by atoms with Gasteiger partial charge in [0.15, 0.2) is 0 Å². The van der Waals surface area contributed by atoms with E-state index in [1.165, 1.54) is 12.8 Å². The lowest BCUT2D eigenvalue weighted by Gasteiger charge is -2.35. The molecule has 0 aromatic rings. The van der Waals surface area contributed by atoms with E-state index < -0.39 is 5.97 Å². The van der Waals surface area contributed by atoms with Crippen molar-refractivity contribution in [3.05, 3.63) is 0 Å². The first-order chi connectivity index (χ1) is 10.5. The van der Waals surface area contributed by atoms with Crippen LogP contribution in [0.1, 0.15) is 58.8 Å². The van der Waals surface area contributed by atoms with Crippen molar-refractivity contribution in [1.82, 2.24) is 4.90 Å². The summed E-state index contributed by atoms with van der Waals surface area (Å²) in [6.07, 6.45) is 6.16. The number of carbonyl (C=O) groups excluding carboxylic acids is 1. The molecule has 1 amide bonds. The van der Waals surface area contributed by atoms with Crippen molar-refractivity contribution < 1.29 is 19.4 Å². The Labute approximate surface area is 133 Å². The minimum absolute atomic E-state index is 0.0459. The summed E-state index contributed by atoms with van der Waals surface area (Å²) in [4.78, 5) is 25.4. The van der Waals surface area contributed by atoms with Crippen LogP contribution in [0.2, 0.25) is 0 Å². The van der Waals surface area contributed by atoms with Gasteiger partial charge in [-0.25, -0.2) is 0 Å². The van der Waals surface area contributed by atoms with Crippen LogP contribution in [0.3, 0.4) is 0 Å². The van der Waals surface area contributed by atoms with Gasteiger partial charge in [-0.1, -0.05) is 26.7 Å². The highest BCUT2D eigenvalue weighted by atomic mass is 16.5. The largest absolute Gasteiger partial charge is 0.481 e. The molecule has 1 heterocycles. The Bertz CT molecular complexity index is 390. The fourth-order valence-corrected chi connectivity index (χ4v) is 3.61. The predicted molar refractivity (Wildman–Crippen MR) is 83.5 cm³/mol. The number of likely N-dealkylation sites (tertiary alicyclic amines) is 1. The van der Waals surface area contributed by atoms with Crippen LogP contribution in [0.15, 0.2) is 0 Å². The van der Waals surface area contributed by atoms with Crippen molar-refractivity contribution in [2.24, 2.45) is 11.8 Å². The Morgan fingerprint density at radius 3 is 2.45 bits per heavy atom. The number of amides is 1. The van der Waals surface area contributed by atoms with Crippen molar-refractivity contribution in [2.45, 2.75) is 71.0 Å². The van der Waals surface area contributed by atoms with Crippen molar-refractivity contribution in [3.8, 4) is 0 Å². The van der Waals surface area contributed by atoms with Crippen LogP contribution in [-0.4, -0.2) is 47.2 Å². The fraction of sp³-hybridized carbons (Fsp3) is 0.882. The monoisotopic (exact) mass is 311 g/mol. The molecule has 0 radical (unpaired) electrons. The summed E-state index contributed by atoms with van der Waals surface area (Å²) in [6.45, 7) is 5.31. The Hall–Kier alpha value is -1.10. The summed E-state index contributed by atoms with van der Waals surface area (Å²) in [5.74, 6) is -0.321. The van der Waals surface area contributed by atoms with E-state index in [4.69, 9.17) is 9.84 Å². The molecule has 0 aromatic heterocycles. The van der Waals surface area contributed by atoms with Gasteiger partial charge < -0.3 is 14.7 Å². The molecule has 5 nitrogen and oxygen atoms in total. The molecule has 0 unspecified atom stereocenters. The average Bonchev–Trinajstić information content (AvgIpc) is 2.52. The van der Waals surface area contributed by atoms with E-state index in [-0.39, 0.29) is 24.0 Å². The molecule has 1 aliphatic heterocycles. The van der Waals surface area contributed by atoms with Crippen LogP contribution in [0.25, 0.3) is 0 Å². The third-order valence-electron chi connectivity index (χ3n) is 5.05. The first-order valence-electron chi connectivity index (χ1n) is 8.68. The first kappa shape index (κ1) is 17.3. The number of carbonyl (C=O) groups is 2. The lowest BCUT2D eigenvalue weighted by molar-refractivity contribution is -0.154. The zero-order chi connectivity index (χ0) is 16.1. The van der Waals surface area contributed by atoms with Crippen LogP contribution in [0.5, 0.6) is 0 Å². The number of carboxylic acid groups (broad SMARTS) is 1. The number of aliphatic carboxylic acids is 1. The molecule has 1 N–H and O–H groups in total. The van der Waals surface area contributed by atoms with E-state index in [1.807, 2.05) is 6.92 Å². The third-order valence-corrected chi connectivity index (χ3v) is 5.05. The van der Waals surface area contributed by atoms with Crippen LogP contribution >= 0.6 is 0 Å². The lowest BCUT2D eigenvalue weighted by Crippen LogP contribution is -2.46. The lowest BCUT2D eigenvalue weighted by atomic mass is 9.88. The Balaban J connectivity index is 1.85. The van der Waals surface area contributed by atoms with E-state index in [9.17, 15) is 9.59 Å². The van der Waals surface area contributed by atoms with Crippen LogP contribution < -0.4 is 0 Å². The summed E-state index contributed by atoms with van der Waals surface area (Å²) < 4.78 is 6.09. The van der Waals surface area contributed by atoms with Gasteiger partial charge in [-0.2, -0.15) is 0 Å². The van der Waals surface area contributed by atoms with Gasteiger partial charge in [0, 0.05) is 13.1 Å². The number of rotatable bonds is 5. The molecule has 0 aromatic carbocycles. The van der Waals surface area contributed by atoms with Crippen molar-refractivity contribution in [2.75, 3.05) is 13.1 Å². The fourth-order valence-electron chi connectivity index (χ4n) is 3.61. The summed E-state index contributed by atoms with van der Waals surface area (Å²) >= 11 is 0. The highest BCUT2D eigenvalue weighted by molar-refractivity contribution is 5.81. The number of ether oxygens (including phenoxy) is 1. The molecule has 2 rings (SSSR count). The molecule has 0 bridgehead atoms. The van der Waals surface area contributed by atoms with Gasteiger partial charge in [0.05, 0.1) is 12.0 Å². The Morgan fingerprint density at radius 1 is 1.23 bits per heavy atom. The number of nitrogens with zero attached hydrogens (tertiary/aromatic N) is 1. The number of carboxylic acids is 1. The topological polar surface area (TPSA) is 66.8 Å². The van der Waals surface area contributed by atoms with Crippen molar-refractivity contribution in [3.63, 3.8) is 0 Å². The predicted octanol–water partition coefficient (Wildman–Crippen LogP) is 2.68. The number of hydrogen-bond acceptors (Lipinski definition) is 3. The van der Waals surface area contributed by atoms with Gasteiger partial charge in [-0.05, 0) is 38.0 Å². The van der Waals surface area contributed by atoms with Gasteiger partial charge in [-0.3, -0.25) is 9.59 Å². The zero-order valence-electron chi connectivity index (χ0n) is 13.8. The Kier molecular flexibility index (Phi) is 6.24. The molecule has 0 spiro atoms. The summed E-state index contributed by atoms with van der Waals surface area (Å²) in [5, 5.41) is 9.03. The molecule has 126 valence electrons. The first-order valence-corrected chi connectivity index (χ1v) is 8.68. The molecule has 5 heteroatoms. The van der Waals surface area contributed by atoms with Gasteiger partial charge in [0.25, 0.3) is 5.91 Å². The molecule has 1 saturated heterocycles. The number of hydrogen-bond donors (Lipinski definition) is 1. The van der Waals surface area contributed by atoms with Gasteiger partial charge >= 0.3 is 5.97 Å². The third kappa shape index (κ3) is 4.45. The minimum Gasteiger partial charge on any atom is -0.481 e. The van der Waals surface area contributed by atoms with Gasteiger partial charge in [-0.15, -0.1) is 0 Å². The van der Waals surface area contributed by atoms with E-state index >= 15 is 0 Å². The van der Waals surface area contributed by atoms with Gasteiger partial charge in [0.1, 0.15) is 6.10 Å². The minimum atomic E-state index is -0.744. The van der Waals surface area contributed by atoms with Crippen molar-refractivity contribution >= 4 is 11.9 Å². The maximum Gasteiger partial charge on any atom is 0.306 e. The molecular formula is C17H29NO4. The second kappa shape index (κ2) is 7.95. The molecule has 22 heavy (non-hydrogen) atoms. The second-order valence-corrected chi connectivity index (χ2v) is 6.86. The molecule has 1 aliphatic carbocycles. The van der Waals surface area contributed by atoms with Crippen LogP contribution in [0.4, 0.5) is 0 Å². The van der Waals surface area contributed by atoms with E-state index in [2.05, 4.69) is 6.92 Å². The maximum atomic E-state index is 12.6. The Morgan fingerprint density at radius 2 is 1.91 bits per heavy atom. The standard InChI is InChI=1S/C17H29NO4/c1-3-15(22-14-6-4-5-12(2)11-14)16(19)18-9-7-13(8-10-18)17(20)21/h12-15H,3-11H2,1-2H3,(H,20,21)/t12-,14+,15+/m1/s1. The van der Waals surface area contributed by atoms with E-state index in [0.29, 0.717) is 38.3 Å². The summed E-state index contributed by atoms with van der Waals surface area (Å²) in [7, 11) is 0. The highest BCUT2D eigenvalue weighted by Gasteiger charge is 2.32. The van der Waals surface area contributed by atoms with Gasteiger partial charge in [0.2, 0.25) is 0 Å². The summed E-state index contributed by atoms with van der Waals surface area (Å²) in [5.41, 5.74) is 0. The SMILES string of the molecule is CC[C@H](O[C@H]1CCC[C@@H](C)C1)C(=O)N1CCC(C(=O)O)CC1. The second-order valence-electron chi connectivity index (χ2n) is 6.86. The highest BCUT2D eigenvalue weighted by Crippen LogP contribution is 2.27. The van der Waals surface area contributed by atoms with Crippen molar-refractivity contribution in [1.29, 1.82) is 0 Å². The van der Waals surface area contributed by atoms with E-state index in [1.54, 1.807) is 4.90 Å². The smallest absolute Gasteiger partial charge is 0.306 e. The summed E-state index contributed by atoms with van der Waals surface area (Å²) in [6, 6.07) is 0. The molecule has 2 aliphatic rings. The normalized spacial score (nSPS) is 28.4. The van der Waals surface area contributed by atoms with Crippen LogP contribution in [0, 0.1) is 11.8 Å².